The van der Waals surface area contributed by atoms with Gasteiger partial charge in [-0.25, -0.2) is 0 Å². The van der Waals surface area contributed by atoms with Gasteiger partial charge in [-0.2, -0.15) is 4.98 Å². The summed E-state index contributed by atoms with van der Waals surface area (Å²) in [6.07, 6.45) is 0.463. The highest BCUT2D eigenvalue weighted by molar-refractivity contribution is 9.10. The number of H-pyrrole nitrogens is 1. The van der Waals surface area contributed by atoms with E-state index in [1.54, 1.807) is 7.11 Å². The molecule has 1 aliphatic heterocycles. The lowest BCUT2D eigenvalue weighted by atomic mass is 10.0. The number of rotatable bonds is 2. The molecule has 0 saturated carbocycles. The lowest BCUT2D eigenvalue weighted by Crippen LogP contribution is -2.20. The van der Waals surface area contributed by atoms with Gasteiger partial charge < -0.3 is 14.5 Å². The number of halogens is 1. The Morgan fingerprint density at radius 3 is 2.75 bits per heavy atom. The van der Waals surface area contributed by atoms with Gasteiger partial charge in [-0.3, -0.25) is 4.79 Å². The number of fused-ring (bicyclic) bond motifs is 2. The monoisotopic (exact) mass is 384 g/mol. The molecule has 0 unspecified atom stereocenters. The highest BCUT2D eigenvalue weighted by Crippen LogP contribution is 2.40. The van der Waals surface area contributed by atoms with E-state index >= 15 is 0 Å². The molecule has 0 amide bonds. The minimum absolute atomic E-state index is 0.189. The maximum absolute atomic E-state index is 12.5. The van der Waals surface area contributed by atoms with E-state index in [-0.39, 0.29) is 5.56 Å². The second-order valence-corrected chi connectivity index (χ2v) is 6.35. The van der Waals surface area contributed by atoms with Crippen LogP contribution in [0.1, 0.15) is 11.1 Å². The topological polar surface area (TPSA) is 64.2 Å². The van der Waals surface area contributed by atoms with Crippen LogP contribution >= 0.6 is 15.9 Å². The zero-order valence-electron chi connectivity index (χ0n) is 12.8. The van der Waals surface area contributed by atoms with Crippen molar-refractivity contribution in [1.82, 2.24) is 9.97 Å². The Balaban J connectivity index is 1.82. The van der Waals surface area contributed by atoms with Crippen LogP contribution in [0.5, 0.6) is 17.4 Å². The van der Waals surface area contributed by atoms with Crippen LogP contribution in [0.4, 0.5) is 0 Å². The van der Waals surface area contributed by atoms with E-state index in [0.717, 1.165) is 15.6 Å². The highest BCUT2D eigenvalue weighted by Gasteiger charge is 2.24. The molecule has 0 fully saturated rings. The summed E-state index contributed by atoms with van der Waals surface area (Å²) in [5, 5.41) is 0. The summed E-state index contributed by atoms with van der Waals surface area (Å²) in [4.78, 5) is 19.8. The van der Waals surface area contributed by atoms with Crippen LogP contribution in [0, 0.1) is 0 Å². The van der Waals surface area contributed by atoms with Crippen LogP contribution in [0.2, 0.25) is 0 Å². The predicted octanol–water partition coefficient (Wildman–Crippen LogP) is 3.90. The summed E-state index contributed by atoms with van der Waals surface area (Å²) in [6.45, 7) is 0. The number of aromatic nitrogens is 2. The predicted molar refractivity (Wildman–Crippen MR) is 93.9 cm³/mol. The maximum atomic E-state index is 12.5. The molecule has 1 N–H and O–H groups in total. The van der Waals surface area contributed by atoms with Crippen molar-refractivity contribution in [3.63, 3.8) is 0 Å². The molecular formula is C18H13BrN2O3. The van der Waals surface area contributed by atoms with Crippen LogP contribution in [0.25, 0.3) is 11.4 Å². The highest BCUT2D eigenvalue weighted by atomic mass is 79.9. The zero-order chi connectivity index (χ0) is 16.7. The number of methoxy groups -OCH3 is 1. The van der Waals surface area contributed by atoms with Crippen LogP contribution in [-0.4, -0.2) is 17.1 Å². The summed E-state index contributed by atoms with van der Waals surface area (Å²) in [5.74, 6) is 2.05. The van der Waals surface area contributed by atoms with E-state index in [1.807, 2.05) is 42.5 Å². The maximum Gasteiger partial charge on any atom is 0.258 e. The number of aromatic amines is 1. The van der Waals surface area contributed by atoms with Gasteiger partial charge in [-0.15, -0.1) is 0 Å². The van der Waals surface area contributed by atoms with Crippen molar-refractivity contribution in [3.8, 4) is 28.8 Å². The minimum Gasteiger partial charge on any atom is -0.493 e. The fourth-order valence-corrected chi connectivity index (χ4v) is 2.99. The van der Waals surface area contributed by atoms with E-state index in [9.17, 15) is 4.79 Å². The molecule has 5 nitrogen and oxygen atoms in total. The molecule has 1 aromatic heterocycles. The number of ether oxygens (including phenoxy) is 2. The lowest BCUT2D eigenvalue weighted by molar-refractivity contribution is 0.365. The van der Waals surface area contributed by atoms with E-state index in [1.165, 1.54) is 0 Å². The van der Waals surface area contributed by atoms with Gasteiger partial charge in [-0.1, -0.05) is 40.2 Å². The zero-order valence-corrected chi connectivity index (χ0v) is 14.4. The quantitative estimate of drug-likeness (QED) is 0.569. The summed E-state index contributed by atoms with van der Waals surface area (Å²) in [5.41, 5.74) is 2.06. The number of nitrogens with zero attached hydrogens (tertiary/aromatic N) is 1. The molecule has 0 atom stereocenters. The lowest BCUT2D eigenvalue weighted by Gasteiger charge is -2.20. The van der Waals surface area contributed by atoms with Crippen LogP contribution in [0.15, 0.2) is 51.7 Å². The molecule has 1 aliphatic rings. The Morgan fingerprint density at radius 1 is 1.21 bits per heavy atom. The minimum atomic E-state index is -0.189. The van der Waals surface area contributed by atoms with Crippen LogP contribution < -0.4 is 15.0 Å². The fourth-order valence-electron chi connectivity index (χ4n) is 2.73. The van der Waals surface area contributed by atoms with Crippen LogP contribution in [0.3, 0.4) is 0 Å². The Hall–Kier alpha value is -2.60. The molecule has 0 aliphatic carbocycles. The number of para-hydroxylation sites is 1. The van der Waals surface area contributed by atoms with E-state index in [0.29, 0.717) is 35.2 Å². The van der Waals surface area contributed by atoms with E-state index in [2.05, 4.69) is 25.9 Å². The fraction of sp³-hybridized carbons (Fsp3) is 0.111. The largest absolute Gasteiger partial charge is 0.493 e. The Bertz CT molecular complexity index is 981. The molecular weight excluding hydrogens is 372 g/mol. The van der Waals surface area contributed by atoms with Crippen molar-refractivity contribution in [2.24, 2.45) is 0 Å². The molecule has 6 heteroatoms. The third-order valence-electron chi connectivity index (χ3n) is 3.94. The smallest absolute Gasteiger partial charge is 0.258 e. The van der Waals surface area contributed by atoms with Gasteiger partial charge >= 0.3 is 0 Å². The van der Waals surface area contributed by atoms with E-state index < -0.39 is 0 Å². The van der Waals surface area contributed by atoms with Crippen molar-refractivity contribution in [2.75, 3.05) is 7.11 Å². The number of nitrogens with one attached hydrogen (secondary N) is 1. The van der Waals surface area contributed by atoms with Gasteiger partial charge in [0.15, 0.2) is 11.5 Å². The summed E-state index contributed by atoms with van der Waals surface area (Å²) in [7, 11) is 1.59. The van der Waals surface area contributed by atoms with Crippen LogP contribution in [-0.2, 0) is 6.42 Å². The number of benzene rings is 2. The first-order chi connectivity index (χ1) is 11.7. The second-order valence-electron chi connectivity index (χ2n) is 5.43. The summed E-state index contributed by atoms with van der Waals surface area (Å²) < 4.78 is 12.2. The SMILES string of the molecule is COc1cccc2c1Oc1nc(-c3ccc(Br)cc3)[nH]c(=O)c1C2. The van der Waals surface area contributed by atoms with Gasteiger partial charge in [0.1, 0.15) is 5.82 Å². The molecule has 24 heavy (non-hydrogen) atoms. The normalized spacial score (nSPS) is 12.1. The number of hydrogen-bond donors (Lipinski definition) is 1. The molecule has 0 bridgehead atoms. The molecule has 0 spiro atoms. The molecule has 120 valence electrons. The van der Waals surface area contributed by atoms with Gasteiger partial charge in [0, 0.05) is 22.0 Å². The van der Waals surface area contributed by atoms with Gasteiger partial charge in [-0.05, 0) is 18.2 Å². The van der Waals surface area contributed by atoms with Crippen molar-refractivity contribution in [2.45, 2.75) is 6.42 Å². The molecule has 0 saturated heterocycles. The van der Waals surface area contributed by atoms with Crippen molar-refractivity contribution in [3.05, 3.63) is 68.4 Å². The standard InChI is InChI=1S/C18H13BrN2O3/c1-23-14-4-2-3-11-9-13-17(22)20-16(21-18(13)24-15(11)14)10-5-7-12(19)8-6-10/h2-8H,9H2,1H3,(H,20,21,22). The molecule has 0 radical (unpaired) electrons. The van der Waals surface area contributed by atoms with Gasteiger partial charge in [0.05, 0.1) is 12.7 Å². The first-order valence-corrected chi connectivity index (χ1v) is 8.18. The summed E-state index contributed by atoms with van der Waals surface area (Å²) >= 11 is 3.40. The number of hydrogen-bond acceptors (Lipinski definition) is 4. The van der Waals surface area contributed by atoms with Crippen molar-refractivity contribution in [1.29, 1.82) is 0 Å². The average molecular weight is 385 g/mol. The van der Waals surface area contributed by atoms with E-state index in [4.69, 9.17) is 9.47 Å². The Kier molecular flexibility index (Phi) is 3.61. The third kappa shape index (κ3) is 2.49. The second kappa shape index (κ2) is 5.79. The third-order valence-corrected chi connectivity index (χ3v) is 4.47. The molecule has 2 aromatic carbocycles. The van der Waals surface area contributed by atoms with Gasteiger partial charge in [0.25, 0.3) is 5.56 Å². The Labute approximate surface area is 146 Å². The molecule has 3 aromatic rings. The van der Waals surface area contributed by atoms with Gasteiger partial charge in [0.2, 0.25) is 5.88 Å². The first kappa shape index (κ1) is 15.0. The summed E-state index contributed by atoms with van der Waals surface area (Å²) in [6, 6.07) is 13.2. The molecule has 4 rings (SSSR count). The van der Waals surface area contributed by atoms with Crippen molar-refractivity contribution >= 4 is 15.9 Å². The Morgan fingerprint density at radius 2 is 2.00 bits per heavy atom. The van der Waals surface area contributed by atoms with Crippen molar-refractivity contribution < 1.29 is 9.47 Å². The average Bonchev–Trinajstić information content (AvgIpc) is 2.60. The molecule has 2 heterocycles. The first-order valence-electron chi connectivity index (χ1n) is 7.38.